The highest BCUT2D eigenvalue weighted by Crippen LogP contribution is 2.71. The van der Waals surface area contributed by atoms with Gasteiger partial charge in [-0.15, -0.1) is 0 Å². The SMILES string of the molecule is CCCCCCCCCCC[N+]12C3C[C@H](C4C(O)C5(C[C@@H]41)c1ccccc1N(C)[C@@H]35)[C@H](CC)[C@H]2O. The van der Waals surface area contributed by atoms with Crippen molar-refractivity contribution in [1.82, 2.24) is 0 Å². The minimum atomic E-state index is -0.275. The Morgan fingerprint density at radius 2 is 1.63 bits per heavy atom. The molecule has 4 nitrogen and oxygen atoms in total. The van der Waals surface area contributed by atoms with E-state index >= 15 is 0 Å². The number of aliphatic hydroxyl groups excluding tert-OH is 2. The van der Waals surface area contributed by atoms with Gasteiger partial charge in [0.05, 0.1) is 30.1 Å². The molecule has 0 radical (unpaired) electrons. The van der Waals surface area contributed by atoms with Gasteiger partial charge in [-0.3, -0.25) is 4.48 Å². The van der Waals surface area contributed by atoms with Crippen LogP contribution in [0.4, 0.5) is 5.69 Å². The van der Waals surface area contributed by atoms with E-state index in [1.54, 1.807) is 0 Å². The molecule has 0 aromatic heterocycles. The fourth-order valence-electron chi connectivity index (χ4n) is 10.5. The lowest BCUT2D eigenvalue weighted by Gasteiger charge is -2.68. The van der Waals surface area contributed by atoms with Crippen LogP contribution >= 0.6 is 0 Å². The number of hydrogen-bond donors (Lipinski definition) is 2. The first-order chi connectivity index (χ1) is 17.0. The molecule has 5 fully saturated rings. The predicted octanol–water partition coefficient (Wildman–Crippen LogP) is 5.60. The maximum absolute atomic E-state index is 12.2. The maximum atomic E-state index is 12.2. The normalized spacial score (nSPS) is 44.2. The second kappa shape index (κ2) is 9.03. The molecule has 194 valence electrons. The number of hydrogen-bond acceptors (Lipinski definition) is 3. The molecule has 5 bridgehead atoms. The number of rotatable bonds is 11. The first kappa shape index (κ1) is 24.2. The second-order valence-electron chi connectivity index (χ2n) is 12.9. The minimum Gasteiger partial charge on any atom is -0.392 e. The Morgan fingerprint density at radius 3 is 2.34 bits per heavy atom. The molecule has 4 saturated heterocycles. The van der Waals surface area contributed by atoms with Crippen LogP contribution in [-0.2, 0) is 5.41 Å². The number of aliphatic hydroxyl groups is 2. The molecule has 5 heterocycles. The third kappa shape index (κ3) is 3.09. The quantitative estimate of drug-likeness (QED) is 0.319. The van der Waals surface area contributed by atoms with E-state index in [9.17, 15) is 10.2 Å². The summed E-state index contributed by atoms with van der Waals surface area (Å²) in [5.41, 5.74) is 2.58. The Bertz CT molecular complexity index is 921. The average Bonchev–Trinajstić information content (AvgIpc) is 3.26. The molecule has 5 unspecified atom stereocenters. The van der Waals surface area contributed by atoms with E-state index in [1.165, 1.54) is 75.5 Å². The van der Waals surface area contributed by atoms with Crippen LogP contribution in [0.1, 0.15) is 96.5 Å². The van der Waals surface area contributed by atoms with E-state index < -0.39 is 0 Å². The molecular weight excluding hydrogens is 432 g/mol. The molecule has 1 aromatic carbocycles. The first-order valence-electron chi connectivity index (χ1n) is 15.1. The standard InChI is InChI=1S/C31H49N2O2/c1-4-6-7-8-9-10-11-12-15-18-33-25-19-22(21(5-2)30(33)35)27-26(33)20-31(29(27)34)23-16-13-14-17-24(23)32(3)28(25)31/h13-14,16-17,21-22,25-30,34-35H,4-12,15,18-20H2,1-3H3/q+1/t21-,22-,25?,26-,27?,28-,29?,30+,31?,33?/m0/s1. The van der Waals surface area contributed by atoms with Crippen molar-refractivity contribution in [2.24, 2.45) is 17.8 Å². The van der Waals surface area contributed by atoms with Crippen molar-refractivity contribution in [3.63, 3.8) is 0 Å². The van der Waals surface area contributed by atoms with Crippen LogP contribution in [0.3, 0.4) is 0 Å². The number of likely N-dealkylation sites (N-methyl/N-ethyl adjacent to an activating group) is 1. The summed E-state index contributed by atoms with van der Waals surface area (Å²) in [6.07, 6.45) is 14.9. The molecule has 0 amide bonds. The topological polar surface area (TPSA) is 43.7 Å². The molecular formula is C31H49N2O2+. The van der Waals surface area contributed by atoms with Gasteiger partial charge in [-0.05, 0) is 36.8 Å². The third-order valence-electron chi connectivity index (χ3n) is 11.8. The molecule has 4 heteroatoms. The van der Waals surface area contributed by atoms with Crippen molar-refractivity contribution in [2.45, 2.75) is 127 Å². The number of benzene rings is 1. The average molecular weight is 482 g/mol. The number of para-hydroxylation sites is 1. The molecule has 1 aromatic rings. The summed E-state index contributed by atoms with van der Waals surface area (Å²) in [6, 6.07) is 10.1. The molecule has 7 rings (SSSR count). The lowest BCUT2D eigenvalue weighted by atomic mass is 9.60. The number of anilines is 1. The molecule has 1 saturated carbocycles. The van der Waals surface area contributed by atoms with Crippen LogP contribution in [0.2, 0.25) is 0 Å². The number of fused-ring (bicyclic) bond motifs is 2. The molecule has 35 heavy (non-hydrogen) atoms. The summed E-state index contributed by atoms with van der Waals surface area (Å²) >= 11 is 0. The Morgan fingerprint density at radius 1 is 0.943 bits per heavy atom. The zero-order valence-corrected chi connectivity index (χ0v) is 22.4. The van der Waals surface area contributed by atoms with Crippen molar-refractivity contribution < 1.29 is 14.7 Å². The van der Waals surface area contributed by atoms with Gasteiger partial charge in [-0.1, -0.05) is 77.0 Å². The summed E-state index contributed by atoms with van der Waals surface area (Å²) in [5, 5.41) is 24.2. The van der Waals surface area contributed by atoms with Gasteiger partial charge in [-0.25, -0.2) is 0 Å². The van der Waals surface area contributed by atoms with Crippen molar-refractivity contribution in [3.05, 3.63) is 29.8 Å². The van der Waals surface area contributed by atoms with Crippen molar-refractivity contribution >= 4 is 5.69 Å². The van der Waals surface area contributed by atoms with Gasteiger partial charge >= 0.3 is 0 Å². The molecule has 10 atom stereocenters. The van der Waals surface area contributed by atoms with Gasteiger partial charge in [-0.2, -0.15) is 0 Å². The van der Waals surface area contributed by atoms with Gasteiger partial charge < -0.3 is 15.1 Å². The fraction of sp³-hybridized carbons (Fsp3) is 0.806. The first-order valence-corrected chi connectivity index (χ1v) is 15.1. The number of unbranched alkanes of at least 4 members (excludes halogenated alkanes) is 8. The molecule has 1 spiro atoms. The summed E-state index contributed by atoms with van der Waals surface area (Å²) in [4.78, 5) is 2.52. The molecule has 5 aliphatic heterocycles. The molecule has 2 N–H and O–H groups in total. The molecule has 1 aliphatic carbocycles. The van der Waals surface area contributed by atoms with E-state index in [-0.39, 0.29) is 17.7 Å². The second-order valence-corrected chi connectivity index (χ2v) is 12.9. The van der Waals surface area contributed by atoms with Gasteiger partial charge in [0, 0.05) is 37.4 Å². The van der Waals surface area contributed by atoms with Gasteiger partial charge in [0.1, 0.15) is 6.04 Å². The lowest BCUT2D eigenvalue weighted by molar-refractivity contribution is -1.04. The van der Waals surface area contributed by atoms with Crippen LogP contribution < -0.4 is 4.90 Å². The predicted molar refractivity (Wildman–Crippen MR) is 142 cm³/mol. The van der Waals surface area contributed by atoms with Crippen LogP contribution in [0.15, 0.2) is 24.3 Å². The summed E-state index contributed by atoms with van der Waals surface area (Å²) in [7, 11) is 2.27. The minimum absolute atomic E-state index is 0.136. The van der Waals surface area contributed by atoms with Crippen LogP contribution in [-0.4, -0.2) is 58.7 Å². The zero-order valence-electron chi connectivity index (χ0n) is 22.4. The van der Waals surface area contributed by atoms with E-state index in [4.69, 9.17) is 0 Å². The van der Waals surface area contributed by atoms with Gasteiger partial charge in [0.15, 0.2) is 6.23 Å². The fourth-order valence-corrected chi connectivity index (χ4v) is 10.5. The van der Waals surface area contributed by atoms with Crippen LogP contribution in [0.5, 0.6) is 0 Å². The monoisotopic (exact) mass is 481 g/mol. The number of nitrogens with zero attached hydrogens (tertiary/aromatic N) is 2. The molecule has 6 aliphatic rings. The Labute approximate surface area is 213 Å². The Kier molecular flexibility index (Phi) is 6.25. The highest BCUT2D eigenvalue weighted by Gasteiger charge is 2.82. The van der Waals surface area contributed by atoms with Crippen molar-refractivity contribution in [2.75, 3.05) is 18.5 Å². The van der Waals surface area contributed by atoms with E-state index in [0.29, 0.717) is 35.9 Å². The van der Waals surface area contributed by atoms with E-state index in [2.05, 4.69) is 50.1 Å². The van der Waals surface area contributed by atoms with Crippen LogP contribution in [0.25, 0.3) is 0 Å². The highest BCUT2D eigenvalue weighted by atomic mass is 16.3. The van der Waals surface area contributed by atoms with E-state index in [1.807, 2.05) is 0 Å². The van der Waals surface area contributed by atoms with Crippen molar-refractivity contribution in [1.29, 1.82) is 0 Å². The largest absolute Gasteiger partial charge is 0.392 e. The van der Waals surface area contributed by atoms with Gasteiger partial charge in [0.25, 0.3) is 0 Å². The summed E-state index contributed by atoms with van der Waals surface area (Å²) in [5.74, 6) is 1.17. The number of piperidine rings is 4. The number of quaternary nitrogens is 1. The third-order valence-corrected chi connectivity index (χ3v) is 11.8. The maximum Gasteiger partial charge on any atom is 0.194 e. The smallest absolute Gasteiger partial charge is 0.194 e. The van der Waals surface area contributed by atoms with Crippen molar-refractivity contribution in [3.8, 4) is 0 Å². The zero-order chi connectivity index (χ0) is 24.4. The summed E-state index contributed by atoms with van der Waals surface area (Å²) in [6.45, 7) is 5.66. The summed E-state index contributed by atoms with van der Waals surface area (Å²) < 4.78 is 0.901. The Balaban J connectivity index is 1.26. The van der Waals surface area contributed by atoms with E-state index in [0.717, 1.165) is 23.9 Å². The van der Waals surface area contributed by atoms with Crippen LogP contribution in [0, 0.1) is 17.8 Å². The van der Waals surface area contributed by atoms with Gasteiger partial charge in [0.2, 0.25) is 0 Å². The highest BCUT2D eigenvalue weighted by molar-refractivity contribution is 5.66. The Hall–Kier alpha value is -1.10. The lowest BCUT2D eigenvalue weighted by Crippen LogP contribution is -2.83.